The van der Waals surface area contributed by atoms with Crippen molar-refractivity contribution in [3.63, 3.8) is 0 Å². The first-order valence-electron chi connectivity index (χ1n) is 6.23. The normalized spacial score (nSPS) is 12.2. The standard InChI is InChI=1S/C14H12N2O5/c17-12-6-14-13(20-8-21-14)5-9(12)7-15-10-1-3-11(4-2-10)16(18)19/h1-6,15,17H,7-8H2. The van der Waals surface area contributed by atoms with E-state index in [1.54, 1.807) is 18.2 Å². The lowest BCUT2D eigenvalue weighted by Crippen LogP contribution is -2.00. The van der Waals surface area contributed by atoms with Gasteiger partial charge in [-0.1, -0.05) is 0 Å². The minimum atomic E-state index is -0.451. The zero-order valence-electron chi connectivity index (χ0n) is 10.9. The number of nitrogens with one attached hydrogen (secondary N) is 1. The number of hydrogen-bond acceptors (Lipinski definition) is 6. The molecule has 0 atom stereocenters. The van der Waals surface area contributed by atoms with E-state index in [2.05, 4.69) is 5.32 Å². The van der Waals surface area contributed by atoms with E-state index in [1.807, 2.05) is 0 Å². The first kappa shape index (κ1) is 13.0. The molecule has 2 N–H and O–H groups in total. The first-order valence-corrected chi connectivity index (χ1v) is 6.23. The van der Waals surface area contributed by atoms with Crippen molar-refractivity contribution in [2.75, 3.05) is 12.1 Å². The summed E-state index contributed by atoms with van der Waals surface area (Å²) in [6.45, 7) is 0.508. The molecular formula is C14H12N2O5. The Kier molecular flexibility index (Phi) is 3.23. The summed E-state index contributed by atoms with van der Waals surface area (Å²) in [4.78, 5) is 10.1. The molecule has 0 aliphatic carbocycles. The van der Waals surface area contributed by atoms with Crippen molar-refractivity contribution in [1.82, 2.24) is 0 Å². The molecule has 0 amide bonds. The van der Waals surface area contributed by atoms with Gasteiger partial charge in [-0.15, -0.1) is 0 Å². The lowest BCUT2D eigenvalue weighted by Gasteiger charge is -2.09. The van der Waals surface area contributed by atoms with Gasteiger partial charge in [0, 0.05) is 36.0 Å². The molecule has 21 heavy (non-hydrogen) atoms. The Hall–Kier alpha value is -2.96. The van der Waals surface area contributed by atoms with Crippen LogP contribution in [0.3, 0.4) is 0 Å². The second-order valence-corrected chi connectivity index (χ2v) is 4.49. The van der Waals surface area contributed by atoms with E-state index in [0.717, 1.165) is 5.69 Å². The van der Waals surface area contributed by atoms with Crippen molar-refractivity contribution in [2.45, 2.75) is 6.54 Å². The fraction of sp³-hybridized carbons (Fsp3) is 0.143. The van der Waals surface area contributed by atoms with Gasteiger partial charge in [0.1, 0.15) is 5.75 Å². The fourth-order valence-electron chi connectivity index (χ4n) is 2.01. The molecule has 1 aliphatic rings. The van der Waals surface area contributed by atoms with Gasteiger partial charge in [0.25, 0.3) is 5.69 Å². The Labute approximate surface area is 119 Å². The molecule has 1 aliphatic heterocycles. The predicted octanol–water partition coefficient (Wildman–Crippen LogP) is 2.64. The van der Waals surface area contributed by atoms with Gasteiger partial charge in [0.05, 0.1) is 4.92 Å². The smallest absolute Gasteiger partial charge is 0.269 e. The molecule has 0 fully saturated rings. The quantitative estimate of drug-likeness (QED) is 0.663. The molecule has 108 valence electrons. The number of nitro benzene ring substituents is 1. The molecule has 0 spiro atoms. The number of benzene rings is 2. The van der Waals surface area contributed by atoms with Gasteiger partial charge in [-0.3, -0.25) is 10.1 Å². The van der Waals surface area contributed by atoms with Gasteiger partial charge >= 0.3 is 0 Å². The fourth-order valence-corrected chi connectivity index (χ4v) is 2.01. The van der Waals surface area contributed by atoms with Crippen molar-refractivity contribution in [3.05, 3.63) is 52.1 Å². The van der Waals surface area contributed by atoms with Crippen LogP contribution in [0.2, 0.25) is 0 Å². The highest BCUT2D eigenvalue weighted by Gasteiger charge is 2.16. The number of rotatable bonds is 4. The van der Waals surface area contributed by atoms with E-state index in [0.29, 0.717) is 23.6 Å². The molecule has 0 saturated heterocycles. The van der Waals surface area contributed by atoms with Crippen LogP contribution >= 0.6 is 0 Å². The number of aromatic hydroxyl groups is 1. The van der Waals surface area contributed by atoms with Crippen LogP contribution in [0.15, 0.2) is 36.4 Å². The van der Waals surface area contributed by atoms with Crippen LogP contribution in [0.4, 0.5) is 11.4 Å². The van der Waals surface area contributed by atoms with Gasteiger partial charge in [0.2, 0.25) is 6.79 Å². The van der Waals surface area contributed by atoms with Crippen molar-refractivity contribution < 1.29 is 19.5 Å². The van der Waals surface area contributed by atoms with E-state index >= 15 is 0 Å². The topological polar surface area (TPSA) is 93.9 Å². The molecule has 1 heterocycles. The van der Waals surface area contributed by atoms with Crippen molar-refractivity contribution >= 4 is 11.4 Å². The Morgan fingerprint density at radius 3 is 2.52 bits per heavy atom. The minimum absolute atomic E-state index is 0.0338. The summed E-state index contributed by atoms with van der Waals surface area (Å²) in [6.07, 6.45) is 0. The Morgan fingerprint density at radius 2 is 1.86 bits per heavy atom. The molecule has 7 heteroatoms. The highest BCUT2D eigenvalue weighted by Crippen LogP contribution is 2.37. The molecule has 0 bridgehead atoms. The molecule has 0 unspecified atom stereocenters. The van der Waals surface area contributed by atoms with Crippen molar-refractivity contribution in [1.29, 1.82) is 0 Å². The summed E-state index contributed by atoms with van der Waals surface area (Å²) in [5.74, 6) is 1.22. The van der Waals surface area contributed by atoms with Crippen LogP contribution in [-0.2, 0) is 6.54 Å². The van der Waals surface area contributed by atoms with Crippen LogP contribution in [0.5, 0.6) is 17.2 Å². The Morgan fingerprint density at radius 1 is 1.19 bits per heavy atom. The van der Waals surface area contributed by atoms with E-state index in [1.165, 1.54) is 18.2 Å². The number of anilines is 1. The largest absolute Gasteiger partial charge is 0.507 e. The number of hydrogen-bond donors (Lipinski definition) is 2. The van der Waals surface area contributed by atoms with Crippen LogP contribution in [0.25, 0.3) is 0 Å². The molecule has 3 rings (SSSR count). The third-order valence-corrected chi connectivity index (χ3v) is 3.13. The highest BCUT2D eigenvalue weighted by molar-refractivity contribution is 5.54. The number of fused-ring (bicyclic) bond motifs is 1. The summed E-state index contributed by atoms with van der Waals surface area (Å²) in [5.41, 5.74) is 1.40. The maximum atomic E-state index is 10.6. The van der Waals surface area contributed by atoms with Crippen LogP contribution in [0, 0.1) is 10.1 Å². The van der Waals surface area contributed by atoms with Crippen molar-refractivity contribution in [3.8, 4) is 17.2 Å². The second kappa shape index (κ2) is 5.20. The summed E-state index contributed by atoms with van der Waals surface area (Å²) < 4.78 is 10.4. The number of non-ortho nitro benzene ring substituents is 1. The monoisotopic (exact) mass is 288 g/mol. The maximum absolute atomic E-state index is 10.6. The number of nitrogens with zero attached hydrogens (tertiary/aromatic N) is 1. The van der Waals surface area contributed by atoms with Gasteiger partial charge in [-0.25, -0.2) is 0 Å². The van der Waals surface area contributed by atoms with E-state index in [4.69, 9.17) is 9.47 Å². The van der Waals surface area contributed by atoms with Crippen LogP contribution in [0.1, 0.15) is 5.56 Å². The second-order valence-electron chi connectivity index (χ2n) is 4.49. The third-order valence-electron chi connectivity index (χ3n) is 3.13. The average Bonchev–Trinajstić information content (AvgIpc) is 2.92. The number of ether oxygens (including phenoxy) is 2. The molecule has 0 saturated carbocycles. The zero-order valence-corrected chi connectivity index (χ0v) is 10.9. The SMILES string of the molecule is O=[N+]([O-])c1ccc(NCc2cc3c(cc2O)OCO3)cc1. The number of phenols is 1. The lowest BCUT2D eigenvalue weighted by atomic mass is 10.1. The Bertz CT molecular complexity index is 685. The lowest BCUT2D eigenvalue weighted by molar-refractivity contribution is -0.384. The Balaban J connectivity index is 1.71. The zero-order chi connectivity index (χ0) is 14.8. The van der Waals surface area contributed by atoms with Crippen molar-refractivity contribution in [2.24, 2.45) is 0 Å². The van der Waals surface area contributed by atoms with Crippen LogP contribution < -0.4 is 14.8 Å². The molecule has 0 radical (unpaired) electrons. The van der Waals surface area contributed by atoms with Crippen LogP contribution in [-0.4, -0.2) is 16.8 Å². The van der Waals surface area contributed by atoms with Gasteiger partial charge in [-0.05, 0) is 18.2 Å². The maximum Gasteiger partial charge on any atom is 0.269 e. The summed E-state index contributed by atoms with van der Waals surface area (Å²) in [6, 6.07) is 9.28. The third kappa shape index (κ3) is 2.66. The van der Waals surface area contributed by atoms with E-state index in [9.17, 15) is 15.2 Å². The van der Waals surface area contributed by atoms with E-state index < -0.39 is 4.92 Å². The summed E-state index contributed by atoms with van der Waals surface area (Å²) in [5, 5.41) is 23.6. The molecular weight excluding hydrogens is 276 g/mol. The minimum Gasteiger partial charge on any atom is -0.507 e. The summed E-state index contributed by atoms with van der Waals surface area (Å²) in [7, 11) is 0. The van der Waals surface area contributed by atoms with Gasteiger partial charge < -0.3 is 19.9 Å². The van der Waals surface area contributed by atoms with Gasteiger partial charge in [-0.2, -0.15) is 0 Å². The highest BCUT2D eigenvalue weighted by atomic mass is 16.7. The molecule has 2 aromatic rings. The van der Waals surface area contributed by atoms with Gasteiger partial charge in [0.15, 0.2) is 11.5 Å². The molecule has 7 nitrogen and oxygen atoms in total. The number of phenolic OH excluding ortho intramolecular Hbond substituents is 1. The first-order chi connectivity index (χ1) is 10.1. The summed E-state index contributed by atoms with van der Waals surface area (Å²) >= 11 is 0. The predicted molar refractivity (Wildman–Crippen MR) is 74.7 cm³/mol. The number of nitro groups is 1. The average molecular weight is 288 g/mol. The molecule has 2 aromatic carbocycles. The molecule has 0 aromatic heterocycles. The van der Waals surface area contributed by atoms with E-state index in [-0.39, 0.29) is 18.2 Å².